The first-order valence-corrected chi connectivity index (χ1v) is 9.37. The van der Waals surface area contributed by atoms with Crippen molar-refractivity contribution in [1.29, 1.82) is 0 Å². The van der Waals surface area contributed by atoms with Gasteiger partial charge in [-0.2, -0.15) is 0 Å². The lowest BCUT2D eigenvalue weighted by Gasteiger charge is -2.10. The highest BCUT2D eigenvalue weighted by Gasteiger charge is 2.22. The third kappa shape index (κ3) is 8.19. The number of rotatable bonds is 10. The molecule has 0 radical (unpaired) electrons. The van der Waals surface area contributed by atoms with E-state index in [0.717, 1.165) is 12.8 Å². The molecule has 0 unspecified atom stereocenters. The number of hydrogen-bond donors (Lipinski definition) is 2. The Labute approximate surface area is 159 Å². The largest absolute Gasteiger partial charge is 0.506 e. The summed E-state index contributed by atoms with van der Waals surface area (Å²) in [4.78, 5) is 43.9. The van der Waals surface area contributed by atoms with Gasteiger partial charge < -0.3 is 14.6 Å². The molecule has 0 aliphatic carbocycles. The van der Waals surface area contributed by atoms with Gasteiger partial charge in [0.1, 0.15) is 29.3 Å². The number of carbonyl (C=O) groups excluding carboxylic acids is 2. The van der Waals surface area contributed by atoms with Gasteiger partial charge in [-0.25, -0.2) is 4.79 Å². The van der Waals surface area contributed by atoms with Crippen LogP contribution in [-0.2, 0) is 22.4 Å². The van der Waals surface area contributed by atoms with E-state index in [2.05, 4.69) is 0 Å². The van der Waals surface area contributed by atoms with Gasteiger partial charge in [0, 0.05) is 24.8 Å². The first kappa shape index (κ1) is 24.6. The highest BCUT2D eigenvalue weighted by atomic mass is 16.4. The first-order valence-electron chi connectivity index (χ1n) is 9.37. The fraction of sp³-hybridized carbons (Fsp3) is 0.600. The van der Waals surface area contributed by atoms with Crippen LogP contribution in [0.25, 0.3) is 0 Å². The average Bonchev–Trinajstić information content (AvgIpc) is 2.55. The molecule has 0 atom stereocenters. The Balaban J connectivity index is 0.000000636. The average molecular weight is 382 g/mol. The quantitative estimate of drug-likeness (QED) is 0.467. The number of aromatic hydroxyl groups is 1. The van der Waals surface area contributed by atoms with E-state index < -0.39 is 11.6 Å². The lowest BCUT2D eigenvalue weighted by atomic mass is 10.0. The van der Waals surface area contributed by atoms with E-state index in [-0.39, 0.29) is 35.7 Å². The number of Topliss-reactive ketones (excluding diaryl/α,β-unsaturated/α-hetero) is 2. The molecular weight excluding hydrogens is 352 g/mol. The molecule has 2 N–H and O–H groups in total. The number of hydrogen-bond acceptors (Lipinski definition) is 6. The summed E-state index contributed by atoms with van der Waals surface area (Å²) in [5.74, 6) is -1.26. The van der Waals surface area contributed by atoms with Gasteiger partial charge in [-0.1, -0.05) is 27.7 Å². The molecule has 7 heteroatoms. The van der Waals surface area contributed by atoms with Gasteiger partial charge in [-0.3, -0.25) is 14.4 Å². The molecule has 0 spiro atoms. The van der Waals surface area contributed by atoms with Crippen LogP contribution < -0.4 is 5.63 Å². The molecule has 152 valence electrons. The van der Waals surface area contributed by atoms with Crippen molar-refractivity contribution < 1.29 is 29.0 Å². The SMILES string of the molecule is CCCC(=O)CC(=O)O.CCCC(=O)c1c(O)c(CC)c(CCC)oc1=O. The third-order valence-electron chi connectivity index (χ3n) is 3.74. The minimum absolute atomic E-state index is 0.185. The van der Waals surface area contributed by atoms with Crippen molar-refractivity contribution >= 4 is 17.5 Å². The minimum Gasteiger partial charge on any atom is -0.506 e. The summed E-state index contributed by atoms with van der Waals surface area (Å²) in [5, 5.41) is 18.2. The lowest BCUT2D eigenvalue weighted by Crippen LogP contribution is -2.17. The fourth-order valence-electron chi connectivity index (χ4n) is 2.53. The minimum atomic E-state index is -1.03. The zero-order chi connectivity index (χ0) is 21.0. The molecule has 1 heterocycles. The number of carboxylic acid groups (broad SMARTS) is 1. The van der Waals surface area contributed by atoms with Crippen LogP contribution >= 0.6 is 0 Å². The predicted molar refractivity (Wildman–Crippen MR) is 101 cm³/mol. The van der Waals surface area contributed by atoms with Crippen molar-refractivity contribution in [2.75, 3.05) is 0 Å². The topological polar surface area (TPSA) is 122 Å². The monoisotopic (exact) mass is 382 g/mol. The number of aryl methyl sites for hydroxylation is 1. The summed E-state index contributed by atoms with van der Waals surface area (Å²) in [6, 6.07) is 0. The molecule has 1 aromatic rings. The number of ketones is 2. The summed E-state index contributed by atoms with van der Waals surface area (Å²) >= 11 is 0. The Kier molecular flexibility index (Phi) is 11.7. The molecular formula is C20H30O7. The van der Waals surface area contributed by atoms with E-state index in [9.17, 15) is 24.3 Å². The third-order valence-corrected chi connectivity index (χ3v) is 3.74. The highest BCUT2D eigenvalue weighted by Crippen LogP contribution is 2.26. The predicted octanol–water partition coefficient (Wildman–Crippen LogP) is 3.67. The standard InChI is InChI=1S/C14H20O4.C6H10O3/c1-4-7-10(15)12-13(16)9(6-3)11(8-5-2)18-14(12)17;1-2-3-5(7)4-6(8)9/h16H,4-8H2,1-3H3;2-4H2,1H3,(H,8,9). The zero-order valence-corrected chi connectivity index (χ0v) is 16.6. The second kappa shape index (κ2) is 12.8. The van der Waals surface area contributed by atoms with E-state index >= 15 is 0 Å². The number of carboxylic acids is 1. The van der Waals surface area contributed by atoms with Crippen LogP contribution in [0.2, 0.25) is 0 Å². The van der Waals surface area contributed by atoms with Crippen molar-refractivity contribution in [3.8, 4) is 5.75 Å². The first-order chi connectivity index (χ1) is 12.7. The maximum atomic E-state index is 11.8. The summed E-state index contributed by atoms with van der Waals surface area (Å²) in [6.07, 6.45) is 3.61. The Morgan fingerprint density at radius 1 is 0.963 bits per heavy atom. The molecule has 0 fully saturated rings. The van der Waals surface area contributed by atoms with Crippen LogP contribution in [0.3, 0.4) is 0 Å². The number of carbonyl (C=O) groups is 3. The maximum absolute atomic E-state index is 11.8. The van der Waals surface area contributed by atoms with Gasteiger partial charge >= 0.3 is 11.6 Å². The second-order valence-electron chi connectivity index (χ2n) is 6.15. The molecule has 0 amide bonds. The van der Waals surface area contributed by atoms with Crippen LogP contribution in [-0.4, -0.2) is 27.7 Å². The Hall–Kier alpha value is -2.44. The highest BCUT2D eigenvalue weighted by molar-refractivity contribution is 5.98. The summed E-state index contributed by atoms with van der Waals surface area (Å²) in [5.41, 5.74) is -0.323. The molecule has 0 saturated heterocycles. The van der Waals surface area contributed by atoms with Crippen molar-refractivity contribution in [2.24, 2.45) is 0 Å². The molecule has 1 rings (SSSR count). The van der Waals surface area contributed by atoms with Crippen molar-refractivity contribution in [3.05, 3.63) is 27.3 Å². The van der Waals surface area contributed by atoms with E-state index in [0.29, 0.717) is 37.0 Å². The Morgan fingerprint density at radius 3 is 2.00 bits per heavy atom. The van der Waals surface area contributed by atoms with E-state index in [1.165, 1.54) is 0 Å². The molecule has 0 aliphatic rings. The summed E-state index contributed by atoms with van der Waals surface area (Å²) in [6.45, 7) is 7.53. The summed E-state index contributed by atoms with van der Waals surface area (Å²) in [7, 11) is 0. The Morgan fingerprint density at radius 2 is 1.56 bits per heavy atom. The van der Waals surface area contributed by atoms with Crippen LogP contribution in [0, 0.1) is 0 Å². The van der Waals surface area contributed by atoms with Gasteiger partial charge in [0.25, 0.3) is 0 Å². The van der Waals surface area contributed by atoms with Gasteiger partial charge in [0.05, 0.1) is 0 Å². The molecule has 27 heavy (non-hydrogen) atoms. The fourth-order valence-corrected chi connectivity index (χ4v) is 2.53. The van der Waals surface area contributed by atoms with E-state index in [4.69, 9.17) is 9.52 Å². The van der Waals surface area contributed by atoms with Crippen LogP contribution in [0.4, 0.5) is 0 Å². The molecule has 7 nitrogen and oxygen atoms in total. The Bertz CT molecular complexity index is 701. The lowest BCUT2D eigenvalue weighted by molar-refractivity contribution is -0.140. The smallest absolute Gasteiger partial charge is 0.350 e. The van der Waals surface area contributed by atoms with Crippen LogP contribution in [0.1, 0.15) is 87.9 Å². The maximum Gasteiger partial charge on any atom is 0.350 e. The van der Waals surface area contributed by atoms with Gasteiger partial charge in [0.2, 0.25) is 0 Å². The van der Waals surface area contributed by atoms with Gasteiger partial charge in [-0.15, -0.1) is 0 Å². The number of aliphatic carboxylic acids is 1. The van der Waals surface area contributed by atoms with E-state index in [1.54, 1.807) is 0 Å². The van der Waals surface area contributed by atoms with Gasteiger partial charge in [0.15, 0.2) is 5.78 Å². The summed E-state index contributed by atoms with van der Waals surface area (Å²) < 4.78 is 5.18. The molecule has 0 aromatic carbocycles. The normalized spacial score (nSPS) is 10.1. The van der Waals surface area contributed by atoms with Crippen molar-refractivity contribution in [2.45, 2.75) is 79.1 Å². The van der Waals surface area contributed by atoms with Gasteiger partial charge in [-0.05, 0) is 25.7 Å². The second-order valence-corrected chi connectivity index (χ2v) is 6.15. The van der Waals surface area contributed by atoms with Crippen molar-refractivity contribution in [3.63, 3.8) is 0 Å². The van der Waals surface area contributed by atoms with Crippen LogP contribution in [0.15, 0.2) is 9.21 Å². The molecule has 0 aliphatic heterocycles. The zero-order valence-electron chi connectivity index (χ0n) is 16.6. The molecule has 0 bridgehead atoms. The molecule has 1 aromatic heterocycles. The van der Waals surface area contributed by atoms with Crippen molar-refractivity contribution in [1.82, 2.24) is 0 Å². The molecule has 0 saturated carbocycles. The van der Waals surface area contributed by atoms with Crippen LogP contribution in [0.5, 0.6) is 5.75 Å². The van der Waals surface area contributed by atoms with E-state index in [1.807, 2.05) is 27.7 Å².